The summed E-state index contributed by atoms with van der Waals surface area (Å²) in [4.78, 5) is 2.65. The van der Waals surface area contributed by atoms with Crippen LogP contribution in [0.4, 0.5) is 0 Å². The maximum atomic E-state index is 5.68. The van der Waals surface area contributed by atoms with Gasteiger partial charge in [-0.15, -0.1) is 0 Å². The molecule has 1 fully saturated rings. The van der Waals surface area contributed by atoms with Crippen LogP contribution < -0.4 is 9.47 Å². The van der Waals surface area contributed by atoms with Crippen LogP contribution in [0.2, 0.25) is 0 Å². The Morgan fingerprint density at radius 3 is 2.60 bits per heavy atom. The fourth-order valence-electron chi connectivity index (χ4n) is 4.66. The number of methoxy groups -OCH3 is 2. The van der Waals surface area contributed by atoms with E-state index in [0.29, 0.717) is 5.92 Å². The molecule has 0 spiro atoms. The second-order valence-electron chi connectivity index (χ2n) is 7.27. The minimum atomic E-state index is 0.638. The van der Waals surface area contributed by atoms with Gasteiger partial charge in [0.1, 0.15) is 0 Å². The minimum Gasteiger partial charge on any atom is -0.493 e. The summed E-state index contributed by atoms with van der Waals surface area (Å²) in [6.45, 7) is 3.55. The highest BCUT2D eigenvalue weighted by atomic mass is 16.5. The van der Waals surface area contributed by atoms with Gasteiger partial charge in [0.15, 0.2) is 11.5 Å². The molecule has 0 bridgehead atoms. The van der Waals surface area contributed by atoms with Crippen LogP contribution >= 0.6 is 0 Å². The molecular weight excluding hydrogens is 310 g/mol. The second-order valence-corrected chi connectivity index (χ2v) is 7.27. The molecule has 2 aliphatic rings. The highest BCUT2D eigenvalue weighted by Crippen LogP contribution is 2.46. The van der Waals surface area contributed by atoms with Gasteiger partial charge in [0.05, 0.1) is 14.2 Å². The second kappa shape index (κ2) is 7.09. The van der Waals surface area contributed by atoms with Crippen molar-refractivity contribution in [2.75, 3.05) is 33.9 Å². The fourth-order valence-corrected chi connectivity index (χ4v) is 4.66. The van der Waals surface area contributed by atoms with Crippen molar-refractivity contribution in [2.24, 2.45) is 5.92 Å². The van der Waals surface area contributed by atoms with Gasteiger partial charge in [0.2, 0.25) is 0 Å². The number of fused-ring (bicyclic) bond motifs is 3. The summed E-state index contributed by atoms with van der Waals surface area (Å²) >= 11 is 0. The van der Waals surface area contributed by atoms with E-state index in [-0.39, 0.29) is 0 Å². The van der Waals surface area contributed by atoms with Crippen LogP contribution in [-0.4, -0.2) is 38.8 Å². The summed E-state index contributed by atoms with van der Waals surface area (Å²) in [5, 5.41) is 0. The quantitative estimate of drug-likeness (QED) is 0.826. The molecule has 3 heteroatoms. The Balaban J connectivity index is 1.50. The van der Waals surface area contributed by atoms with Crippen LogP contribution in [0.3, 0.4) is 0 Å². The van der Waals surface area contributed by atoms with Gasteiger partial charge in [0.25, 0.3) is 0 Å². The van der Waals surface area contributed by atoms with E-state index in [9.17, 15) is 0 Å². The van der Waals surface area contributed by atoms with E-state index in [4.69, 9.17) is 9.47 Å². The Bertz CT molecular complexity index is 728. The van der Waals surface area contributed by atoms with E-state index in [1.54, 1.807) is 14.2 Å². The number of likely N-dealkylation sites (tertiary alicyclic amines) is 1. The third-order valence-electron chi connectivity index (χ3n) is 5.93. The Morgan fingerprint density at radius 1 is 1.00 bits per heavy atom. The smallest absolute Gasteiger partial charge is 0.164 e. The summed E-state index contributed by atoms with van der Waals surface area (Å²) in [7, 11) is 3.47. The van der Waals surface area contributed by atoms with E-state index in [1.807, 2.05) is 0 Å². The zero-order valence-electron chi connectivity index (χ0n) is 15.2. The Labute approximate surface area is 150 Å². The van der Waals surface area contributed by atoms with Crippen molar-refractivity contribution < 1.29 is 9.47 Å². The number of nitrogens with zero attached hydrogens (tertiary/aromatic N) is 1. The third-order valence-corrected chi connectivity index (χ3v) is 5.93. The van der Waals surface area contributed by atoms with Gasteiger partial charge in [-0.1, -0.05) is 36.4 Å². The number of rotatable bonds is 5. The van der Waals surface area contributed by atoms with Gasteiger partial charge in [0, 0.05) is 31.1 Å². The lowest BCUT2D eigenvalue weighted by molar-refractivity contribution is 0.324. The molecular formula is C22H27NO2. The van der Waals surface area contributed by atoms with Crippen molar-refractivity contribution in [3.63, 3.8) is 0 Å². The maximum Gasteiger partial charge on any atom is 0.164 e. The molecule has 2 atom stereocenters. The average molecular weight is 337 g/mol. The summed E-state index contributed by atoms with van der Waals surface area (Å²) in [5.41, 5.74) is 4.29. The zero-order chi connectivity index (χ0) is 17.2. The highest BCUT2D eigenvalue weighted by Gasteiger charge is 2.38. The summed E-state index contributed by atoms with van der Waals surface area (Å²) in [6.07, 6.45) is 3.49. The predicted octanol–water partition coefficient (Wildman–Crippen LogP) is 3.91. The molecule has 2 unspecified atom stereocenters. The van der Waals surface area contributed by atoms with Crippen LogP contribution in [0.15, 0.2) is 42.5 Å². The van der Waals surface area contributed by atoms with Crippen LogP contribution in [0.5, 0.6) is 11.5 Å². The van der Waals surface area contributed by atoms with E-state index in [2.05, 4.69) is 47.4 Å². The van der Waals surface area contributed by atoms with Crippen LogP contribution in [0.1, 0.15) is 29.0 Å². The summed E-state index contributed by atoms with van der Waals surface area (Å²) in [5.74, 6) is 3.22. The molecule has 1 aliphatic carbocycles. The molecule has 1 saturated heterocycles. The monoisotopic (exact) mass is 337 g/mol. The molecule has 2 aromatic carbocycles. The molecule has 2 aromatic rings. The Hall–Kier alpha value is -2.00. The number of ether oxygens (including phenoxy) is 2. The minimum absolute atomic E-state index is 0.638. The first-order chi connectivity index (χ1) is 12.3. The van der Waals surface area contributed by atoms with E-state index < -0.39 is 0 Å². The van der Waals surface area contributed by atoms with Gasteiger partial charge in [-0.3, -0.25) is 0 Å². The molecule has 132 valence electrons. The lowest BCUT2D eigenvalue weighted by atomic mass is 9.76. The molecule has 0 saturated carbocycles. The van der Waals surface area contributed by atoms with Gasteiger partial charge in [-0.25, -0.2) is 0 Å². The first kappa shape index (κ1) is 16.5. The zero-order valence-corrected chi connectivity index (χ0v) is 15.2. The van der Waals surface area contributed by atoms with Crippen molar-refractivity contribution in [3.8, 4) is 11.5 Å². The largest absolute Gasteiger partial charge is 0.493 e. The molecule has 4 rings (SSSR count). The summed E-state index contributed by atoms with van der Waals surface area (Å²) < 4.78 is 11.2. The van der Waals surface area contributed by atoms with Gasteiger partial charge in [-0.2, -0.15) is 0 Å². The normalized spacial score (nSPS) is 22.3. The van der Waals surface area contributed by atoms with E-state index >= 15 is 0 Å². The Kier molecular flexibility index (Phi) is 4.67. The topological polar surface area (TPSA) is 21.7 Å². The maximum absolute atomic E-state index is 5.68. The highest BCUT2D eigenvalue weighted by molar-refractivity contribution is 5.53. The van der Waals surface area contributed by atoms with Crippen LogP contribution in [0, 0.1) is 5.92 Å². The molecule has 0 N–H and O–H groups in total. The van der Waals surface area contributed by atoms with Gasteiger partial charge < -0.3 is 14.4 Å². The SMILES string of the molecule is COc1ccc2c(c1OC)CCC1CN(CCc3ccccc3)CC21. The van der Waals surface area contributed by atoms with Gasteiger partial charge in [-0.05, 0) is 42.4 Å². The van der Waals surface area contributed by atoms with E-state index in [1.165, 1.54) is 36.2 Å². The first-order valence-electron chi connectivity index (χ1n) is 9.30. The van der Waals surface area contributed by atoms with Crippen LogP contribution in [-0.2, 0) is 12.8 Å². The lowest BCUT2D eigenvalue weighted by Crippen LogP contribution is -2.23. The molecule has 25 heavy (non-hydrogen) atoms. The number of hydrogen-bond acceptors (Lipinski definition) is 3. The molecule has 1 heterocycles. The van der Waals surface area contributed by atoms with Crippen LogP contribution in [0.25, 0.3) is 0 Å². The average Bonchev–Trinajstić information content (AvgIpc) is 3.09. The lowest BCUT2D eigenvalue weighted by Gasteiger charge is -2.29. The number of hydrogen-bond donors (Lipinski definition) is 0. The molecule has 3 nitrogen and oxygen atoms in total. The van der Waals surface area contributed by atoms with Gasteiger partial charge >= 0.3 is 0 Å². The van der Waals surface area contributed by atoms with Crippen molar-refractivity contribution in [1.82, 2.24) is 4.90 Å². The summed E-state index contributed by atoms with van der Waals surface area (Å²) in [6, 6.07) is 15.2. The molecule has 1 aliphatic heterocycles. The van der Waals surface area contributed by atoms with Crippen molar-refractivity contribution in [3.05, 3.63) is 59.2 Å². The third kappa shape index (κ3) is 3.13. The Morgan fingerprint density at radius 2 is 1.84 bits per heavy atom. The van der Waals surface area contributed by atoms with Crippen molar-refractivity contribution in [2.45, 2.75) is 25.2 Å². The predicted molar refractivity (Wildman–Crippen MR) is 101 cm³/mol. The molecule has 0 radical (unpaired) electrons. The standard InChI is InChI=1S/C22H27NO2/c1-24-21-11-10-18-19(22(21)25-2)9-8-17-14-23(15-20(17)18)13-12-16-6-4-3-5-7-16/h3-7,10-11,17,20H,8-9,12-15H2,1-2H3. The van der Waals surface area contributed by atoms with Crippen molar-refractivity contribution >= 4 is 0 Å². The number of benzene rings is 2. The first-order valence-corrected chi connectivity index (χ1v) is 9.30. The fraction of sp³-hybridized carbons (Fsp3) is 0.455. The van der Waals surface area contributed by atoms with Crippen molar-refractivity contribution in [1.29, 1.82) is 0 Å². The molecule has 0 amide bonds. The molecule has 0 aromatic heterocycles. The van der Waals surface area contributed by atoms with E-state index in [0.717, 1.165) is 36.8 Å².